The second-order valence-electron chi connectivity index (χ2n) is 6.79. The van der Waals surface area contributed by atoms with Crippen LogP contribution in [0.4, 0.5) is 0 Å². The van der Waals surface area contributed by atoms with Crippen molar-refractivity contribution in [3.05, 3.63) is 90.5 Å². The third-order valence-corrected chi connectivity index (χ3v) is 8.68. The summed E-state index contributed by atoms with van der Waals surface area (Å²) in [5.74, 6) is -0.606. The van der Waals surface area contributed by atoms with Crippen LogP contribution in [0.25, 0.3) is 0 Å². The lowest BCUT2D eigenvalue weighted by Gasteiger charge is -2.24. The Balaban J connectivity index is 1.94. The Bertz CT molecular complexity index is 1030. The van der Waals surface area contributed by atoms with Gasteiger partial charge in [-0.25, -0.2) is 8.42 Å². The fraction of sp³-hybridized carbons (Fsp3) is 0.174. The largest absolute Gasteiger partial charge is 0.468 e. The number of ether oxygens (including phenoxy) is 1. The van der Waals surface area contributed by atoms with E-state index in [9.17, 15) is 13.2 Å². The average Bonchev–Trinajstić information content (AvgIpc) is 2.77. The fourth-order valence-corrected chi connectivity index (χ4v) is 6.73. The van der Waals surface area contributed by atoms with Crippen molar-refractivity contribution < 1.29 is 17.9 Å². The van der Waals surface area contributed by atoms with Crippen LogP contribution in [0.2, 0.25) is 0 Å². The van der Waals surface area contributed by atoms with E-state index in [1.165, 1.54) is 19.2 Å². The summed E-state index contributed by atoms with van der Waals surface area (Å²) in [6.07, 6.45) is 0.293. The van der Waals surface area contributed by atoms with Gasteiger partial charge in [0.05, 0.1) is 12.0 Å². The number of nitrogens with one attached hydrogen (secondary N) is 1. The number of esters is 1. The zero-order chi connectivity index (χ0) is 21.6. The molecule has 0 saturated carbocycles. The molecule has 7 heteroatoms. The van der Waals surface area contributed by atoms with Gasteiger partial charge in [0, 0.05) is 6.16 Å². The summed E-state index contributed by atoms with van der Waals surface area (Å²) in [4.78, 5) is 12.7. The lowest BCUT2D eigenvalue weighted by Crippen LogP contribution is -2.44. The Morgan fingerprint density at radius 2 is 1.40 bits per heavy atom. The molecule has 30 heavy (non-hydrogen) atoms. The van der Waals surface area contributed by atoms with Crippen molar-refractivity contribution in [2.75, 3.05) is 13.3 Å². The van der Waals surface area contributed by atoms with E-state index in [-0.39, 0.29) is 4.90 Å². The van der Waals surface area contributed by atoms with Gasteiger partial charge < -0.3 is 4.74 Å². The van der Waals surface area contributed by atoms with Crippen LogP contribution in [-0.2, 0) is 19.6 Å². The lowest BCUT2D eigenvalue weighted by molar-refractivity contribution is -0.142. The highest BCUT2D eigenvalue weighted by Gasteiger charge is 2.30. The summed E-state index contributed by atoms with van der Waals surface area (Å²) in [6.45, 7) is 1.88. The third-order valence-electron chi connectivity index (χ3n) is 4.62. The van der Waals surface area contributed by atoms with Crippen molar-refractivity contribution in [1.82, 2.24) is 4.72 Å². The minimum absolute atomic E-state index is 0.116. The number of carbonyl (C=O) groups is 1. The number of rotatable bonds is 8. The normalized spacial score (nSPS) is 12.5. The van der Waals surface area contributed by atoms with Crippen LogP contribution in [0.1, 0.15) is 5.56 Å². The second-order valence-corrected chi connectivity index (χ2v) is 10.8. The van der Waals surface area contributed by atoms with Crippen molar-refractivity contribution in [1.29, 1.82) is 0 Å². The molecule has 1 atom stereocenters. The maximum absolute atomic E-state index is 12.9. The number of methoxy groups -OCH3 is 1. The molecule has 0 spiro atoms. The predicted molar refractivity (Wildman–Crippen MR) is 121 cm³/mol. The Morgan fingerprint density at radius 1 is 0.900 bits per heavy atom. The first-order valence-electron chi connectivity index (χ1n) is 9.45. The molecule has 0 aliphatic carbocycles. The second kappa shape index (κ2) is 9.98. The molecule has 0 amide bonds. The smallest absolute Gasteiger partial charge is 0.324 e. The number of sulfonamides is 1. The molecular weight excluding hydrogens is 417 g/mol. The number of benzene rings is 3. The molecule has 0 saturated heterocycles. The number of hydrogen-bond acceptors (Lipinski definition) is 4. The Labute approximate surface area is 178 Å². The summed E-state index contributed by atoms with van der Waals surface area (Å²) in [5, 5.41) is 2.12. The van der Waals surface area contributed by atoms with Crippen LogP contribution in [-0.4, -0.2) is 33.7 Å². The van der Waals surface area contributed by atoms with Crippen LogP contribution >= 0.6 is 7.92 Å². The van der Waals surface area contributed by atoms with Gasteiger partial charge in [-0.1, -0.05) is 78.4 Å². The first-order chi connectivity index (χ1) is 14.4. The molecule has 3 rings (SSSR count). The van der Waals surface area contributed by atoms with E-state index in [0.29, 0.717) is 6.16 Å². The van der Waals surface area contributed by atoms with E-state index in [2.05, 4.69) is 4.72 Å². The highest BCUT2D eigenvalue weighted by atomic mass is 32.2. The molecule has 1 N–H and O–H groups in total. The summed E-state index contributed by atoms with van der Waals surface area (Å²) in [7, 11) is -3.60. The van der Waals surface area contributed by atoms with Gasteiger partial charge in [0.1, 0.15) is 6.04 Å². The average molecular weight is 441 g/mol. The van der Waals surface area contributed by atoms with Crippen molar-refractivity contribution in [2.24, 2.45) is 0 Å². The quantitative estimate of drug-likeness (QED) is 0.431. The van der Waals surface area contributed by atoms with Gasteiger partial charge in [-0.05, 0) is 37.6 Å². The van der Waals surface area contributed by atoms with Crippen molar-refractivity contribution in [3.63, 3.8) is 0 Å². The van der Waals surface area contributed by atoms with Gasteiger partial charge in [-0.3, -0.25) is 4.79 Å². The van der Waals surface area contributed by atoms with Gasteiger partial charge in [-0.2, -0.15) is 4.72 Å². The Kier molecular flexibility index (Phi) is 7.38. The minimum Gasteiger partial charge on any atom is -0.468 e. The van der Waals surface area contributed by atoms with E-state index < -0.39 is 30.0 Å². The van der Waals surface area contributed by atoms with Crippen LogP contribution in [0.5, 0.6) is 0 Å². The van der Waals surface area contributed by atoms with E-state index in [1.54, 1.807) is 12.1 Å². The lowest BCUT2D eigenvalue weighted by atomic mass is 10.2. The molecule has 3 aromatic rings. The number of carbonyl (C=O) groups excluding carboxylic acids is 1. The van der Waals surface area contributed by atoms with E-state index in [4.69, 9.17) is 4.74 Å². The molecule has 0 aliphatic heterocycles. The summed E-state index contributed by atoms with van der Waals surface area (Å²) in [5.41, 5.74) is 0.954. The summed E-state index contributed by atoms with van der Waals surface area (Å²) in [6, 6.07) is 25.1. The molecule has 0 heterocycles. The molecule has 0 fully saturated rings. The maximum Gasteiger partial charge on any atom is 0.324 e. The molecule has 0 aliphatic rings. The molecular formula is C23H24NO4PS. The maximum atomic E-state index is 12.9. The third kappa shape index (κ3) is 5.54. The van der Waals surface area contributed by atoms with E-state index in [0.717, 1.165) is 16.2 Å². The first-order valence-corrected chi connectivity index (χ1v) is 12.5. The highest BCUT2D eigenvalue weighted by Crippen LogP contribution is 2.34. The number of aryl methyl sites for hydroxylation is 1. The Hall–Kier alpha value is -2.53. The first kappa shape index (κ1) is 22.2. The Morgan fingerprint density at radius 3 is 1.87 bits per heavy atom. The monoisotopic (exact) mass is 441 g/mol. The predicted octanol–water partition coefficient (Wildman–Crippen LogP) is 2.95. The van der Waals surface area contributed by atoms with Crippen molar-refractivity contribution in [3.8, 4) is 0 Å². The number of hydrogen-bond donors (Lipinski definition) is 1. The van der Waals surface area contributed by atoms with Gasteiger partial charge in [0.25, 0.3) is 0 Å². The minimum atomic E-state index is -3.88. The van der Waals surface area contributed by atoms with Gasteiger partial charge in [0.2, 0.25) is 10.0 Å². The van der Waals surface area contributed by atoms with Crippen molar-refractivity contribution in [2.45, 2.75) is 17.9 Å². The van der Waals surface area contributed by atoms with Gasteiger partial charge >= 0.3 is 5.97 Å². The standard InChI is InChI=1S/C23H24NO4PS/c1-18-13-15-21(16-14-18)30(26,27)24-22(23(25)28-2)17-29(19-9-5-3-6-10-19)20-11-7-4-8-12-20/h3-16,22,24H,17H2,1-2H3/t22-/m0/s1. The van der Waals surface area contributed by atoms with Crippen molar-refractivity contribution >= 4 is 34.5 Å². The van der Waals surface area contributed by atoms with E-state index >= 15 is 0 Å². The topological polar surface area (TPSA) is 72.5 Å². The van der Waals surface area contributed by atoms with Crippen LogP contribution in [0.15, 0.2) is 89.8 Å². The summed E-state index contributed by atoms with van der Waals surface area (Å²) >= 11 is 0. The zero-order valence-electron chi connectivity index (χ0n) is 16.9. The molecule has 0 aromatic heterocycles. The SMILES string of the molecule is COC(=O)[C@H](CP(c1ccccc1)c1ccccc1)NS(=O)(=O)c1ccc(C)cc1. The van der Waals surface area contributed by atoms with Gasteiger partial charge in [0.15, 0.2) is 0 Å². The van der Waals surface area contributed by atoms with Crippen LogP contribution in [0.3, 0.4) is 0 Å². The molecule has 156 valence electrons. The van der Waals surface area contributed by atoms with Crippen LogP contribution < -0.4 is 15.3 Å². The fourth-order valence-electron chi connectivity index (χ4n) is 3.03. The molecule has 0 unspecified atom stereocenters. The molecule has 5 nitrogen and oxygen atoms in total. The molecule has 0 radical (unpaired) electrons. The zero-order valence-corrected chi connectivity index (χ0v) is 18.6. The van der Waals surface area contributed by atoms with Gasteiger partial charge in [-0.15, -0.1) is 0 Å². The van der Waals surface area contributed by atoms with E-state index in [1.807, 2.05) is 67.6 Å². The molecule has 0 bridgehead atoms. The van der Waals surface area contributed by atoms with Crippen LogP contribution in [0, 0.1) is 6.92 Å². The molecule has 3 aromatic carbocycles. The highest BCUT2D eigenvalue weighted by molar-refractivity contribution is 7.89. The summed E-state index contributed by atoms with van der Waals surface area (Å²) < 4.78 is 33.3.